The molecule has 1 aliphatic carbocycles. The van der Waals surface area contributed by atoms with Gasteiger partial charge in [0.15, 0.2) is 5.16 Å². The number of nitrogens with one attached hydrogen (secondary N) is 1. The molecule has 0 radical (unpaired) electrons. The van der Waals surface area contributed by atoms with E-state index in [1.807, 2.05) is 31.2 Å². The van der Waals surface area contributed by atoms with Crippen molar-refractivity contribution in [2.24, 2.45) is 5.10 Å². The van der Waals surface area contributed by atoms with Crippen LogP contribution in [-0.4, -0.2) is 32.5 Å². The number of benzene rings is 2. The second kappa shape index (κ2) is 11.1. The van der Waals surface area contributed by atoms with Crippen molar-refractivity contribution in [2.45, 2.75) is 37.8 Å². The fraction of sp³-hybridized carbons (Fsp3) is 0.231. The fourth-order valence-electron chi connectivity index (χ4n) is 4.23. The Morgan fingerprint density at radius 3 is 2.78 bits per heavy atom. The maximum Gasteiger partial charge on any atom is 0.267 e. The van der Waals surface area contributed by atoms with Gasteiger partial charge in [-0.2, -0.15) is 5.10 Å². The molecule has 0 aliphatic heterocycles. The monoisotopic (exact) mass is 660 g/mol. The molecule has 7 nitrogen and oxygen atoms in total. The van der Waals surface area contributed by atoms with Crippen LogP contribution in [0.4, 0.5) is 0 Å². The summed E-state index contributed by atoms with van der Waals surface area (Å²) in [6, 6.07) is 11.1. The van der Waals surface area contributed by atoms with Gasteiger partial charge >= 0.3 is 0 Å². The average Bonchev–Trinajstić information content (AvgIpc) is 3.25. The molecule has 11 heteroatoms. The van der Waals surface area contributed by atoms with E-state index >= 15 is 0 Å². The second-order valence-corrected chi connectivity index (χ2v) is 12.5. The molecule has 0 saturated heterocycles. The second-order valence-electron chi connectivity index (χ2n) is 8.67. The molecule has 5 rings (SSSR count). The lowest BCUT2D eigenvalue weighted by Crippen LogP contribution is -2.24. The molecule has 0 unspecified atom stereocenters. The number of hydrogen-bond acceptors (Lipinski definition) is 7. The number of rotatable bonds is 6. The number of thioether (sulfide) groups is 1. The molecule has 1 aliphatic rings. The summed E-state index contributed by atoms with van der Waals surface area (Å²) in [5, 5.41) is 15.3. The Labute approximate surface area is 238 Å². The third-order valence-electron chi connectivity index (χ3n) is 6.03. The van der Waals surface area contributed by atoms with Gasteiger partial charge < -0.3 is 5.11 Å². The predicted octanol–water partition coefficient (Wildman–Crippen LogP) is 6.11. The molecule has 1 amide bonds. The van der Waals surface area contributed by atoms with Crippen molar-refractivity contribution in [1.29, 1.82) is 0 Å². The van der Waals surface area contributed by atoms with E-state index < -0.39 is 0 Å². The van der Waals surface area contributed by atoms with Crippen LogP contribution in [-0.2, 0) is 17.6 Å². The lowest BCUT2D eigenvalue weighted by Gasteiger charge is -2.13. The standard InChI is InChI=1S/C26H22Br2N4O3S2/c1-14-6-8-17(9-7-14)32-25(35)22-18-4-2-3-5-20(18)37-24(22)30-26(32)36-13-21(33)31-29-12-15-10-16(27)11-19(28)23(15)34/h6-12,34H,2-5,13H2,1H3,(H,31,33)/b29-12+. The number of phenols is 1. The van der Waals surface area contributed by atoms with Crippen LogP contribution in [0.15, 0.2) is 60.4 Å². The van der Waals surface area contributed by atoms with Crippen molar-refractivity contribution in [1.82, 2.24) is 15.0 Å². The number of hydrogen-bond donors (Lipinski definition) is 2. The summed E-state index contributed by atoms with van der Waals surface area (Å²) in [5.41, 5.74) is 5.78. The summed E-state index contributed by atoms with van der Waals surface area (Å²) < 4.78 is 2.88. The summed E-state index contributed by atoms with van der Waals surface area (Å²) in [7, 11) is 0. The highest BCUT2D eigenvalue weighted by atomic mass is 79.9. The Hall–Kier alpha value is -2.47. The van der Waals surface area contributed by atoms with Gasteiger partial charge in [-0.3, -0.25) is 14.2 Å². The number of phenolic OH excluding ortho intramolecular Hbond substituents is 1. The minimum Gasteiger partial charge on any atom is -0.506 e. The van der Waals surface area contributed by atoms with E-state index in [9.17, 15) is 14.7 Å². The number of fused-ring (bicyclic) bond motifs is 3. The van der Waals surface area contributed by atoms with Gasteiger partial charge in [-0.15, -0.1) is 11.3 Å². The van der Waals surface area contributed by atoms with E-state index in [0.717, 1.165) is 51.8 Å². The van der Waals surface area contributed by atoms with Gasteiger partial charge in [0.25, 0.3) is 11.5 Å². The number of nitrogens with zero attached hydrogens (tertiary/aromatic N) is 3. The predicted molar refractivity (Wildman–Crippen MR) is 157 cm³/mol. The topological polar surface area (TPSA) is 96.6 Å². The van der Waals surface area contributed by atoms with Crippen LogP contribution in [0.3, 0.4) is 0 Å². The Morgan fingerprint density at radius 1 is 1.24 bits per heavy atom. The van der Waals surface area contributed by atoms with E-state index in [4.69, 9.17) is 4.98 Å². The van der Waals surface area contributed by atoms with E-state index in [1.54, 1.807) is 28.0 Å². The molecule has 2 aromatic carbocycles. The van der Waals surface area contributed by atoms with Crippen LogP contribution in [0.2, 0.25) is 0 Å². The minimum atomic E-state index is -0.356. The Kier molecular flexibility index (Phi) is 7.85. The van der Waals surface area contributed by atoms with E-state index in [0.29, 0.717) is 20.6 Å². The van der Waals surface area contributed by atoms with Gasteiger partial charge in [0.2, 0.25) is 0 Å². The first-order valence-corrected chi connectivity index (χ1v) is 15.0. The molecule has 0 spiro atoms. The van der Waals surface area contributed by atoms with Gasteiger partial charge in [0.05, 0.1) is 27.5 Å². The number of carbonyl (C=O) groups excluding carboxylic acids is 1. The lowest BCUT2D eigenvalue weighted by atomic mass is 9.97. The number of hydrazone groups is 1. The van der Waals surface area contributed by atoms with Gasteiger partial charge in [-0.05, 0) is 78.4 Å². The molecule has 37 heavy (non-hydrogen) atoms. The highest BCUT2D eigenvalue weighted by Gasteiger charge is 2.23. The van der Waals surface area contributed by atoms with Crippen LogP contribution in [0.25, 0.3) is 15.9 Å². The fourth-order valence-corrected chi connectivity index (χ4v) is 7.59. The van der Waals surface area contributed by atoms with Crippen molar-refractivity contribution in [3.8, 4) is 11.4 Å². The number of aryl methyl sites for hydroxylation is 3. The summed E-state index contributed by atoms with van der Waals surface area (Å²) >= 11 is 9.42. The quantitative estimate of drug-likeness (QED) is 0.113. The number of thiophene rings is 1. The van der Waals surface area contributed by atoms with Gasteiger partial charge in [-0.25, -0.2) is 10.4 Å². The van der Waals surface area contributed by atoms with Crippen molar-refractivity contribution >= 4 is 77.3 Å². The van der Waals surface area contributed by atoms with Crippen LogP contribution in [0, 0.1) is 6.92 Å². The summed E-state index contributed by atoms with van der Waals surface area (Å²) in [6.45, 7) is 2.00. The van der Waals surface area contributed by atoms with E-state index in [-0.39, 0.29) is 23.0 Å². The zero-order chi connectivity index (χ0) is 26.1. The largest absolute Gasteiger partial charge is 0.506 e. The molecule has 0 fully saturated rings. The van der Waals surface area contributed by atoms with E-state index in [2.05, 4.69) is 42.4 Å². The van der Waals surface area contributed by atoms with Crippen LogP contribution < -0.4 is 11.0 Å². The molecule has 0 bridgehead atoms. The maximum absolute atomic E-state index is 13.8. The van der Waals surface area contributed by atoms with Gasteiger partial charge in [-0.1, -0.05) is 45.4 Å². The molecule has 2 aromatic heterocycles. The average molecular weight is 662 g/mol. The number of amides is 1. The number of aromatic nitrogens is 2. The third-order valence-corrected chi connectivity index (χ3v) is 9.22. The van der Waals surface area contributed by atoms with Crippen LogP contribution >= 0.6 is 55.0 Å². The molecule has 2 N–H and O–H groups in total. The van der Waals surface area contributed by atoms with Crippen LogP contribution in [0.5, 0.6) is 5.75 Å². The summed E-state index contributed by atoms with van der Waals surface area (Å²) in [5.74, 6) is -0.320. The first-order chi connectivity index (χ1) is 17.8. The third kappa shape index (κ3) is 5.55. The molecular weight excluding hydrogens is 640 g/mol. The van der Waals surface area contributed by atoms with E-state index in [1.165, 1.54) is 22.9 Å². The minimum absolute atomic E-state index is 0.0143. The highest BCUT2D eigenvalue weighted by molar-refractivity contribution is 9.11. The number of halogens is 2. The molecule has 2 heterocycles. The zero-order valence-corrected chi connectivity index (χ0v) is 24.6. The normalized spacial score (nSPS) is 13.3. The van der Waals surface area contributed by atoms with Crippen molar-refractivity contribution < 1.29 is 9.90 Å². The first-order valence-electron chi connectivity index (χ1n) is 11.6. The first kappa shape index (κ1) is 26.1. The molecular formula is C26H22Br2N4O3S2. The molecule has 4 aromatic rings. The molecule has 0 atom stereocenters. The summed E-state index contributed by atoms with van der Waals surface area (Å²) in [4.78, 5) is 33.2. The number of carbonyl (C=O) groups is 1. The smallest absolute Gasteiger partial charge is 0.267 e. The molecule has 0 saturated carbocycles. The van der Waals surface area contributed by atoms with Crippen LogP contribution in [0.1, 0.15) is 34.4 Å². The highest BCUT2D eigenvalue weighted by Crippen LogP contribution is 2.35. The number of aromatic hydroxyl groups is 1. The Bertz CT molecular complexity index is 1600. The van der Waals surface area contributed by atoms with Crippen molar-refractivity contribution in [2.75, 3.05) is 5.75 Å². The van der Waals surface area contributed by atoms with Gasteiger partial charge in [0.1, 0.15) is 10.6 Å². The van der Waals surface area contributed by atoms with Crippen molar-refractivity contribution in [3.63, 3.8) is 0 Å². The lowest BCUT2D eigenvalue weighted by molar-refractivity contribution is -0.118. The SMILES string of the molecule is Cc1ccc(-n2c(SCC(=O)N/N=C/c3cc(Br)cc(Br)c3O)nc3sc4c(c3c2=O)CCCC4)cc1. The van der Waals surface area contributed by atoms with Gasteiger partial charge in [0, 0.05) is 14.9 Å². The Morgan fingerprint density at radius 2 is 2.00 bits per heavy atom. The summed E-state index contributed by atoms with van der Waals surface area (Å²) in [6.07, 6.45) is 5.46. The Balaban J connectivity index is 1.42. The molecule has 190 valence electrons. The zero-order valence-electron chi connectivity index (χ0n) is 19.8. The van der Waals surface area contributed by atoms with Crippen molar-refractivity contribution in [3.05, 3.63) is 77.3 Å². The maximum atomic E-state index is 13.8.